The molecular weight excluding hydrogens is 1240 g/mol. The number of alkyl carbamates (subject to hydrolysis) is 3. The predicted molar refractivity (Wildman–Crippen MR) is 355 cm³/mol. The second-order valence-corrected chi connectivity index (χ2v) is 22.6. The Balaban J connectivity index is 0.981. The van der Waals surface area contributed by atoms with Gasteiger partial charge >= 0.3 is 41.8 Å². The van der Waals surface area contributed by atoms with Crippen LogP contribution in [-0.2, 0) is 61.4 Å². The van der Waals surface area contributed by atoms with E-state index in [0.717, 1.165) is 16.7 Å². The minimum atomic E-state index is -1.10. The summed E-state index contributed by atoms with van der Waals surface area (Å²) in [4.78, 5) is 93.2. The van der Waals surface area contributed by atoms with E-state index in [2.05, 4.69) is 16.0 Å². The van der Waals surface area contributed by atoms with Crippen molar-refractivity contribution in [3.05, 3.63) is 160 Å². The highest BCUT2D eigenvalue weighted by Crippen LogP contribution is 2.53. The molecule has 506 valence electrons. The fourth-order valence-electron chi connectivity index (χ4n) is 11.0. The second-order valence-electron chi connectivity index (χ2n) is 22.6. The Morgan fingerprint density at radius 1 is 0.500 bits per heavy atom. The molecule has 0 fully saturated rings. The van der Waals surface area contributed by atoms with Crippen LogP contribution >= 0.6 is 0 Å². The van der Waals surface area contributed by atoms with Crippen LogP contribution in [0.15, 0.2) is 137 Å². The molecule has 1 aliphatic rings. The molecule has 3 amide bonds. The summed E-state index contributed by atoms with van der Waals surface area (Å²) < 4.78 is 65.4. The molecule has 0 saturated carbocycles. The van der Waals surface area contributed by atoms with Crippen LogP contribution in [-0.4, -0.2) is 107 Å². The molecule has 8 aromatic rings. The van der Waals surface area contributed by atoms with Gasteiger partial charge < -0.3 is 89.5 Å². The summed E-state index contributed by atoms with van der Waals surface area (Å²) in [6.07, 6.45) is 1.93. The van der Waals surface area contributed by atoms with Gasteiger partial charge in [-0.2, -0.15) is 0 Å². The van der Waals surface area contributed by atoms with Gasteiger partial charge in [0.05, 0.1) is 34.1 Å². The lowest BCUT2D eigenvalue weighted by molar-refractivity contribution is -0.137. The van der Waals surface area contributed by atoms with Crippen LogP contribution in [0.5, 0.6) is 40.2 Å². The summed E-state index contributed by atoms with van der Waals surface area (Å²) in [7, 11) is 5.61. The molecule has 0 saturated heterocycles. The van der Waals surface area contributed by atoms with Crippen molar-refractivity contribution in [3.63, 3.8) is 0 Å². The lowest BCUT2D eigenvalue weighted by atomic mass is 9.91. The number of carbonyl (C=O) groups excluding carboxylic acids is 6. The molecule has 9 N–H and O–H groups in total. The lowest BCUT2D eigenvalue weighted by Gasteiger charge is -2.26. The Morgan fingerprint density at radius 3 is 1.43 bits per heavy atom. The average Bonchev–Trinajstić information content (AvgIpc) is 1.54. The van der Waals surface area contributed by atoms with E-state index < -0.39 is 59.9 Å². The third-order valence-corrected chi connectivity index (χ3v) is 16.0. The minimum Gasteiger partial charge on any atom is -0.493 e. The van der Waals surface area contributed by atoms with Crippen molar-refractivity contribution in [1.82, 2.24) is 20.5 Å². The summed E-state index contributed by atoms with van der Waals surface area (Å²) in [5, 5.41) is 8.82. The number of aromatic nitrogens is 1. The molecule has 3 atom stereocenters. The first-order chi connectivity index (χ1) is 46.6. The van der Waals surface area contributed by atoms with Crippen molar-refractivity contribution in [1.29, 1.82) is 0 Å². The zero-order valence-corrected chi connectivity index (χ0v) is 53.9. The number of amides is 3. The van der Waals surface area contributed by atoms with Crippen LogP contribution in [0.25, 0.3) is 44.3 Å². The number of hydrogen-bond acceptors (Lipinski definition) is 21. The normalized spacial score (nSPS) is 12.4. The van der Waals surface area contributed by atoms with Gasteiger partial charge in [-0.05, 0) is 111 Å². The van der Waals surface area contributed by atoms with Gasteiger partial charge in [0.15, 0.2) is 34.5 Å². The highest BCUT2D eigenvalue weighted by Gasteiger charge is 2.35. The fraction of sp³-hybridized carbons (Fsp3) is 0.338. The highest BCUT2D eigenvalue weighted by atomic mass is 16.6. The standard InChI is InChI=1S/C71H79N7O18/c1-86-55-36-46(29-30-53(55)93-65(79)50(72)26-14-17-32-75-69(83)90-40-43-20-8-5-9-21-43)59-60-49-38-56(87-2)57(95-66(80)51(73)27-15-18-33-76-70(84)91-41-44-22-10-6-11-23-44)39-54(49)94-68(82)62(60)78-35-31-47-48(61(59)78)37-58(88-3)64(89-4)63(47)96-67(81)52(74)28-16-19-34-77-71(85)92-42-45-24-12-7-13-25-45/h5-13,20-25,29-30,36-39,50-52H,14-19,26-28,31-35,40-42,72-74H2,1-4H3,(H,75,83)(H,76,84)(H,77,85)/t50-,51+,52+/m1/s1. The number of nitrogens with one attached hydrogen (secondary N) is 3. The topological polar surface area (TPSA) is 344 Å². The summed E-state index contributed by atoms with van der Waals surface area (Å²) in [6.45, 7) is 1.32. The summed E-state index contributed by atoms with van der Waals surface area (Å²) in [5.74, 6) is -1.88. The number of aryl methyl sites for hydroxylation is 1. The molecular formula is C71H79N7O18. The van der Waals surface area contributed by atoms with E-state index in [0.29, 0.717) is 83.8 Å². The maximum atomic E-state index is 14.8. The molecule has 0 unspecified atom stereocenters. The first-order valence-electron chi connectivity index (χ1n) is 31.5. The molecule has 0 spiro atoms. The third-order valence-electron chi connectivity index (χ3n) is 16.0. The van der Waals surface area contributed by atoms with Gasteiger partial charge in [-0.3, -0.25) is 0 Å². The first kappa shape index (κ1) is 69.7. The SMILES string of the molecule is COc1cc(-c2c3n(c4c(=O)oc5cc(OC(=O)[C@@H](N)CCCCNC(=O)OCc6ccccc6)c(OC)cc5c24)CCc2c-3cc(OC)c(OC)c2OC(=O)[C@@H](N)CCCCNC(=O)OCc2ccccc2)ccc1OC(=O)[C@H](N)CCCCNC(=O)OCc1ccccc1. The van der Waals surface area contributed by atoms with Crippen molar-refractivity contribution in [2.45, 2.75) is 109 Å². The van der Waals surface area contributed by atoms with Gasteiger partial charge in [-0.15, -0.1) is 0 Å². The minimum absolute atomic E-state index is 0.000664. The monoisotopic (exact) mass is 1320 g/mol. The van der Waals surface area contributed by atoms with Crippen molar-refractivity contribution in [2.24, 2.45) is 17.2 Å². The smallest absolute Gasteiger partial charge is 0.407 e. The van der Waals surface area contributed by atoms with Crippen molar-refractivity contribution >= 4 is 58.1 Å². The lowest BCUT2D eigenvalue weighted by Crippen LogP contribution is -2.35. The van der Waals surface area contributed by atoms with E-state index in [4.69, 9.17) is 69.0 Å². The van der Waals surface area contributed by atoms with Gasteiger partial charge in [0.25, 0.3) is 0 Å². The van der Waals surface area contributed by atoms with Gasteiger partial charge in [0, 0.05) is 59.7 Å². The van der Waals surface area contributed by atoms with E-state index in [9.17, 15) is 33.6 Å². The summed E-state index contributed by atoms with van der Waals surface area (Å²) >= 11 is 0. The van der Waals surface area contributed by atoms with E-state index >= 15 is 0 Å². The number of nitrogens with two attached hydrogens (primary N) is 3. The maximum Gasteiger partial charge on any atom is 0.407 e. The van der Waals surface area contributed by atoms with Crippen LogP contribution in [0.2, 0.25) is 0 Å². The van der Waals surface area contributed by atoms with Crippen molar-refractivity contribution in [3.8, 4) is 62.6 Å². The Kier molecular flexibility index (Phi) is 24.7. The number of benzene rings is 6. The number of methoxy groups -OCH3 is 4. The number of ether oxygens (including phenoxy) is 10. The Hall–Kier alpha value is -10.6. The molecule has 0 bridgehead atoms. The van der Waals surface area contributed by atoms with E-state index in [1.807, 2.05) is 91.0 Å². The number of unbranched alkanes of at least 4 members (excludes halogenated alkanes) is 3. The number of nitrogens with zero attached hydrogens (tertiary/aromatic N) is 1. The van der Waals surface area contributed by atoms with Crippen molar-refractivity contribution < 1.29 is 80.6 Å². The number of fused-ring (bicyclic) bond motifs is 7. The number of rotatable bonds is 32. The largest absolute Gasteiger partial charge is 0.493 e. The van der Waals surface area contributed by atoms with Crippen molar-refractivity contribution in [2.75, 3.05) is 48.1 Å². The molecule has 2 aromatic heterocycles. The van der Waals surface area contributed by atoms with E-state index in [-0.39, 0.29) is 116 Å². The molecule has 0 radical (unpaired) electrons. The van der Waals surface area contributed by atoms with Crippen LogP contribution in [0.3, 0.4) is 0 Å². The summed E-state index contributed by atoms with van der Waals surface area (Å²) in [6, 6.07) is 34.1. The van der Waals surface area contributed by atoms with Crippen LogP contribution in [0.1, 0.15) is 80.0 Å². The molecule has 9 rings (SSSR count). The van der Waals surface area contributed by atoms with Crippen LogP contribution in [0, 0.1) is 0 Å². The number of esters is 3. The summed E-state index contributed by atoms with van der Waals surface area (Å²) in [5.41, 5.74) is 23.4. The van der Waals surface area contributed by atoms with Gasteiger partial charge in [0.1, 0.15) is 49.0 Å². The predicted octanol–water partition coefficient (Wildman–Crippen LogP) is 9.66. The maximum absolute atomic E-state index is 14.8. The molecule has 25 heteroatoms. The van der Waals surface area contributed by atoms with Crippen LogP contribution in [0.4, 0.5) is 14.4 Å². The zero-order chi connectivity index (χ0) is 68.1. The zero-order valence-electron chi connectivity index (χ0n) is 53.9. The third kappa shape index (κ3) is 17.8. The first-order valence-corrected chi connectivity index (χ1v) is 31.5. The highest BCUT2D eigenvalue weighted by molar-refractivity contribution is 6.17. The second kappa shape index (κ2) is 34.0. The molecule has 6 aromatic carbocycles. The van der Waals surface area contributed by atoms with E-state index in [1.54, 1.807) is 28.8 Å². The Morgan fingerprint density at radius 2 is 0.958 bits per heavy atom. The average molecular weight is 1320 g/mol. The Labute approximate surface area is 553 Å². The molecule has 3 heterocycles. The van der Waals surface area contributed by atoms with Gasteiger partial charge in [-0.1, -0.05) is 97.1 Å². The molecule has 0 aliphatic carbocycles. The molecule has 1 aliphatic heterocycles. The molecule has 25 nitrogen and oxygen atoms in total. The quantitative estimate of drug-likeness (QED) is 0.00751. The van der Waals surface area contributed by atoms with Gasteiger partial charge in [0.2, 0.25) is 5.75 Å². The van der Waals surface area contributed by atoms with E-state index in [1.165, 1.54) is 40.6 Å². The Bertz CT molecular complexity index is 4090. The van der Waals surface area contributed by atoms with Gasteiger partial charge in [-0.25, -0.2) is 33.6 Å². The van der Waals surface area contributed by atoms with Crippen LogP contribution < -0.4 is 71.9 Å². The number of hydrogen-bond donors (Lipinski definition) is 6. The number of carbonyl (C=O) groups is 6. The fourth-order valence-corrected chi connectivity index (χ4v) is 11.0. The molecule has 96 heavy (non-hydrogen) atoms.